The molecule has 0 bridgehead atoms. The lowest BCUT2D eigenvalue weighted by atomic mass is 10.1. The Balaban J connectivity index is 2.03. The number of ether oxygens (including phenoxy) is 1. The molecule has 2 N–H and O–H groups in total. The molecule has 8 heteroatoms. The first-order valence-corrected chi connectivity index (χ1v) is 6.74. The van der Waals surface area contributed by atoms with Gasteiger partial charge >= 0.3 is 12.3 Å². The van der Waals surface area contributed by atoms with E-state index in [1.807, 2.05) is 0 Å². The maximum atomic E-state index is 12.1. The van der Waals surface area contributed by atoms with E-state index in [0.29, 0.717) is 17.0 Å². The summed E-state index contributed by atoms with van der Waals surface area (Å²) < 4.78 is 40.1. The minimum Gasteiger partial charge on any atom is -0.478 e. The molecule has 0 aliphatic heterocycles. The molecule has 0 radical (unpaired) electrons. The first-order valence-electron chi connectivity index (χ1n) is 6.74. The highest BCUT2D eigenvalue weighted by molar-refractivity contribution is 5.99. The molecule has 0 saturated carbocycles. The summed E-state index contributed by atoms with van der Waals surface area (Å²) in [5, 5.41) is 12.9. The summed E-state index contributed by atoms with van der Waals surface area (Å²) >= 11 is 0. The number of nitrogens with one attached hydrogen (secondary N) is 1. The zero-order valence-corrected chi connectivity index (χ0v) is 12.5. The van der Waals surface area contributed by atoms with E-state index in [1.54, 1.807) is 19.1 Å². The third kappa shape index (κ3) is 5.01. The van der Waals surface area contributed by atoms with Gasteiger partial charge in [0.25, 0.3) is 0 Å². The first-order chi connectivity index (χ1) is 11.2. The zero-order valence-electron chi connectivity index (χ0n) is 12.5. The molecule has 0 heterocycles. The summed E-state index contributed by atoms with van der Waals surface area (Å²) in [6.45, 7) is 1.68. The summed E-state index contributed by atoms with van der Waals surface area (Å²) in [5.74, 6) is -1.33. The van der Waals surface area contributed by atoms with Crippen LogP contribution in [0.5, 0.6) is 5.75 Å². The van der Waals surface area contributed by atoms with Gasteiger partial charge in [-0.1, -0.05) is 0 Å². The Bertz CT molecular complexity index is 739. The van der Waals surface area contributed by atoms with Crippen LogP contribution in [-0.4, -0.2) is 23.1 Å². The van der Waals surface area contributed by atoms with Crippen LogP contribution in [0.2, 0.25) is 0 Å². The Morgan fingerprint density at radius 3 is 2.08 bits per heavy atom. The summed E-state index contributed by atoms with van der Waals surface area (Å²) in [4.78, 5) is 10.7. The van der Waals surface area contributed by atoms with Crippen molar-refractivity contribution in [3.05, 3.63) is 59.7 Å². The monoisotopic (exact) mass is 338 g/mol. The van der Waals surface area contributed by atoms with Crippen molar-refractivity contribution in [1.29, 1.82) is 0 Å². The second kappa shape index (κ2) is 7.03. The van der Waals surface area contributed by atoms with Gasteiger partial charge < -0.3 is 9.84 Å². The van der Waals surface area contributed by atoms with E-state index < -0.39 is 12.3 Å². The van der Waals surface area contributed by atoms with E-state index in [1.165, 1.54) is 36.4 Å². The third-order valence-electron chi connectivity index (χ3n) is 2.99. The van der Waals surface area contributed by atoms with Crippen molar-refractivity contribution in [2.75, 3.05) is 5.43 Å². The van der Waals surface area contributed by atoms with Crippen molar-refractivity contribution < 1.29 is 27.8 Å². The van der Waals surface area contributed by atoms with Crippen LogP contribution in [0.4, 0.5) is 18.9 Å². The summed E-state index contributed by atoms with van der Waals surface area (Å²) in [6, 6.07) is 11.3. The Morgan fingerprint density at radius 1 is 1.04 bits per heavy atom. The van der Waals surface area contributed by atoms with Gasteiger partial charge in [0, 0.05) is 0 Å². The number of anilines is 1. The van der Waals surface area contributed by atoms with Gasteiger partial charge in [0.1, 0.15) is 5.75 Å². The highest BCUT2D eigenvalue weighted by Gasteiger charge is 2.30. The van der Waals surface area contributed by atoms with Crippen molar-refractivity contribution >= 4 is 17.4 Å². The molecule has 0 amide bonds. The Labute approximate surface area is 135 Å². The van der Waals surface area contributed by atoms with Gasteiger partial charge in [0.15, 0.2) is 0 Å². The molecule has 0 aromatic heterocycles. The normalized spacial score (nSPS) is 11.9. The number of nitrogens with zero attached hydrogens (tertiary/aromatic N) is 1. The Morgan fingerprint density at radius 2 is 1.58 bits per heavy atom. The van der Waals surface area contributed by atoms with E-state index in [2.05, 4.69) is 15.3 Å². The van der Waals surface area contributed by atoms with Crippen LogP contribution in [0.1, 0.15) is 22.8 Å². The summed E-state index contributed by atoms with van der Waals surface area (Å²) in [7, 11) is 0. The van der Waals surface area contributed by atoms with Gasteiger partial charge in [-0.25, -0.2) is 4.79 Å². The summed E-state index contributed by atoms with van der Waals surface area (Å²) in [6.07, 6.45) is -4.73. The number of carbonyl (C=O) groups is 1. The Kier molecular flexibility index (Phi) is 5.08. The molecule has 2 aromatic carbocycles. The van der Waals surface area contributed by atoms with Crippen molar-refractivity contribution in [1.82, 2.24) is 0 Å². The van der Waals surface area contributed by atoms with Gasteiger partial charge in [-0.2, -0.15) is 5.10 Å². The standard InChI is InChI=1S/C16H13F3N2O3/c1-10(11-4-8-14(9-5-11)24-16(17,18)19)20-21-13-6-2-12(3-7-13)15(22)23/h2-9,21H,1H3,(H,22,23)/b20-10-. The van der Waals surface area contributed by atoms with Crippen LogP contribution in [0.3, 0.4) is 0 Å². The van der Waals surface area contributed by atoms with Gasteiger partial charge in [0.05, 0.1) is 17.0 Å². The second-order valence-corrected chi connectivity index (χ2v) is 4.76. The molecule has 24 heavy (non-hydrogen) atoms. The molecule has 0 spiro atoms. The van der Waals surface area contributed by atoms with Crippen molar-refractivity contribution in [2.24, 2.45) is 5.10 Å². The number of hydrogen-bond acceptors (Lipinski definition) is 4. The van der Waals surface area contributed by atoms with Crippen LogP contribution >= 0.6 is 0 Å². The quantitative estimate of drug-likeness (QED) is 0.635. The lowest BCUT2D eigenvalue weighted by Crippen LogP contribution is -2.17. The number of carboxylic acids is 1. The van der Waals surface area contributed by atoms with E-state index in [-0.39, 0.29) is 11.3 Å². The molecule has 0 saturated heterocycles. The Hall–Kier alpha value is -3.03. The average Bonchev–Trinajstić information content (AvgIpc) is 2.52. The van der Waals surface area contributed by atoms with E-state index in [4.69, 9.17) is 5.11 Å². The van der Waals surface area contributed by atoms with Gasteiger partial charge in [0.2, 0.25) is 0 Å². The number of carboxylic acid groups (broad SMARTS) is 1. The molecule has 0 atom stereocenters. The number of halogens is 3. The van der Waals surface area contributed by atoms with Crippen LogP contribution in [-0.2, 0) is 0 Å². The third-order valence-corrected chi connectivity index (χ3v) is 2.99. The van der Waals surface area contributed by atoms with Crippen molar-refractivity contribution in [2.45, 2.75) is 13.3 Å². The number of rotatable bonds is 5. The second-order valence-electron chi connectivity index (χ2n) is 4.76. The van der Waals surface area contributed by atoms with Gasteiger partial charge in [-0.05, 0) is 61.0 Å². The number of benzene rings is 2. The molecule has 0 fully saturated rings. The minimum absolute atomic E-state index is 0.154. The molecule has 0 aliphatic rings. The molecule has 126 valence electrons. The molecule has 0 aliphatic carbocycles. The predicted molar refractivity (Wildman–Crippen MR) is 82.4 cm³/mol. The van der Waals surface area contributed by atoms with Crippen LogP contribution in [0.25, 0.3) is 0 Å². The van der Waals surface area contributed by atoms with Gasteiger partial charge in [-0.3, -0.25) is 5.43 Å². The topological polar surface area (TPSA) is 70.9 Å². The zero-order chi connectivity index (χ0) is 17.7. The smallest absolute Gasteiger partial charge is 0.478 e. The largest absolute Gasteiger partial charge is 0.573 e. The fourth-order valence-electron chi connectivity index (χ4n) is 1.80. The van der Waals surface area contributed by atoms with E-state index >= 15 is 0 Å². The minimum atomic E-state index is -4.73. The van der Waals surface area contributed by atoms with Crippen LogP contribution in [0, 0.1) is 0 Å². The van der Waals surface area contributed by atoms with Crippen LogP contribution < -0.4 is 10.2 Å². The van der Waals surface area contributed by atoms with Gasteiger partial charge in [-0.15, -0.1) is 13.2 Å². The fraction of sp³-hybridized carbons (Fsp3) is 0.125. The lowest BCUT2D eigenvalue weighted by Gasteiger charge is -2.09. The number of aromatic carboxylic acids is 1. The van der Waals surface area contributed by atoms with E-state index in [0.717, 1.165) is 0 Å². The highest BCUT2D eigenvalue weighted by Crippen LogP contribution is 2.23. The molecule has 2 rings (SSSR count). The molecule has 5 nitrogen and oxygen atoms in total. The highest BCUT2D eigenvalue weighted by atomic mass is 19.4. The fourth-order valence-corrected chi connectivity index (χ4v) is 1.80. The molecular weight excluding hydrogens is 325 g/mol. The number of hydrogen-bond donors (Lipinski definition) is 2. The van der Waals surface area contributed by atoms with E-state index in [9.17, 15) is 18.0 Å². The predicted octanol–water partition coefficient (Wildman–Crippen LogP) is 4.12. The SMILES string of the molecule is C/C(=N/Nc1ccc(C(=O)O)cc1)c1ccc(OC(F)(F)F)cc1. The van der Waals surface area contributed by atoms with Crippen LogP contribution in [0.15, 0.2) is 53.6 Å². The number of hydrazone groups is 1. The maximum absolute atomic E-state index is 12.1. The summed E-state index contributed by atoms with van der Waals surface area (Å²) in [5.41, 5.74) is 4.63. The molecule has 0 unspecified atom stereocenters. The van der Waals surface area contributed by atoms with Crippen molar-refractivity contribution in [3.8, 4) is 5.75 Å². The molecular formula is C16H13F3N2O3. The maximum Gasteiger partial charge on any atom is 0.573 e. The average molecular weight is 338 g/mol. The van der Waals surface area contributed by atoms with Crippen molar-refractivity contribution in [3.63, 3.8) is 0 Å². The number of alkyl halides is 3. The first kappa shape index (κ1) is 17.3. The molecule has 2 aromatic rings. The lowest BCUT2D eigenvalue weighted by molar-refractivity contribution is -0.274.